The minimum absolute atomic E-state index is 0.0118. The molecule has 2 amide bonds. The van der Waals surface area contributed by atoms with Gasteiger partial charge < -0.3 is 15.5 Å². The highest BCUT2D eigenvalue weighted by Gasteiger charge is 2.33. The van der Waals surface area contributed by atoms with Gasteiger partial charge in [0.25, 0.3) is 0 Å². The average Bonchev–Trinajstić information content (AvgIpc) is 2.89. The van der Waals surface area contributed by atoms with Crippen LogP contribution in [-0.4, -0.2) is 42.9 Å². The molecule has 1 aliphatic rings. The average molecular weight is 303 g/mol. The summed E-state index contributed by atoms with van der Waals surface area (Å²) in [7, 11) is 0. The fourth-order valence-corrected chi connectivity index (χ4v) is 2.62. The van der Waals surface area contributed by atoms with Crippen molar-refractivity contribution in [2.75, 3.05) is 26.2 Å². The summed E-state index contributed by atoms with van der Waals surface area (Å²) < 4.78 is 0. The number of carbonyl (C=O) groups is 2. The lowest BCUT2D eigenvalue weighted by Gasteiger charge is -2.16. The van der Waals surface area contributed by atoms with Crippen LogP contribution in [-0.2, 0) is 16.1 Å². The van der Waals surface area contributed by atoms with Gasteiger partial charge in [-0.1, -0.05) is 37.3 Å². The van der Waals surface area contributed by atoms with Crippen LogP contribution in [0.3, 0.4) is 0 Å². The quantitative estimate of drug-likeness (QED) is 0.708. The highest BCUT2D eigenvalue weighted by molar-refractivity contribution is 5.89. The van der Waals surface area contributed by atoms with E-state index in [-0.39, 0.29) is 17.7 Å². The van der Waals surface area contributed by atoms with Gasteiger partial charge in [-0.25, -0.2) is 0 Å². The van der Waals surface area contributed by atoms with Gasteiger partial charge in [-0.2, -0.15) is 0 Å². The molecule has 0 aliphatic carbocycles. The van der Waals surface area contributed by atoms with Gasteiger partial charge in [-0.3, -0.25) is 9.59 Å². The highest BCUT2D eigenvalue weighted by atomic mass is 16.2. The maximum Gasteiger partial charge on any atom is 0.225 e. The predicted molar refractivity (Wildman–Crippen MR) is 86.1 cm³/mol. The number of carbonyl (C=O) groups excluding carboxylic acids is 2. The topological polar surface area (TPSA) is 61.4 Å². The maximum atomic E-state index is 12.1. The second-order valence-electron chi connectivity index (χ2n) is 5.70. The molecular formula is C17H25N3O2. The van der Waals surface area contributed by atoms with E-state index in [4.69, 9.17) is 0 Å². The molecule has 1 unspecified atom stereocenters. The van der Waals surface area contributed by atoms with E-state index in [1.54, 1.807) is 4.90 Å². The summed E-state index contributed by atoms with van der Waals surface area (Å²) in [6.45, 7) is 5.55. The van der Waals surface area contributed by atoms with Crippen LogP contribution in [0.25, 0.3) is 0 Å². The van der Waals surface area contributed by atoms with Crippen molar-refractivity contribution in [1.82, 2.24) is 15.5 Å². The molecule has 120 valence electrons. The van der Waals surface area contributed by atoms with Gasteiger partial charge in [-0.05, 0) is 18.5 Å². The normalized spacial score (nSPS) is 17.8. The van der Waals surface area contributed by atoms with Crippen LogP contribution in [0.5, 0.6) is 0 Å². The third-order valence-corrected chi connectivity index (χ3v) is 3.83. The zero-order valence-corrected chi connectivity index (χ0v) is 13.2. The fraction of sp³-hybridized carbons (Fsp3) is 0.529. The number of rotatable bonds is 8. The first kappa shape index (κ1) is 16.5. The molecule has 0 saturated carbocycles. The van der Waals surface area contributed by atoms with E-state index in [1.807, 2.05) is 30.3 Å². The molecule has 1 atom stereocenters. The SMILES string of the molecule is CCCNCCNC(=O)C1CC(=O)N(Cc2ccccc2)C1. The first-order valence-electron chi connectivity index (χ1n) is 8.01. The number of hydrogen-bond donors (Lipinski definition) is 2. The third kappa shape index (κ3) is 4.84. The molecule has 5 nitrogen and oxygen atoms in total. The van der Waals surface area contributed by atoms with Crippen molar-refractivity contribution >= 4 is 11.8 Å². The van der Waals surface area contributed by atoms with Gasteiger partial charge in [0.2, 0.25) is 11.8 Å². The van der Waals surface area contributed by atoms with E-state index in [2.05, 4.69) is 17.6 Å². The molecule has 0 radical (unpaired) electrons. The standard InChI is InChI=1S/C17H25N3O2/c1-2-8-18-9-10-19-17(22)15-11-16(21)20(13-15)12-14-6-4-3-5-7-14/h3-7,15,18H,2,8-13H2,1H3,(H,19,22). The molecule has 1 heterocycles. The van der Waals surface area contributed by atoms with Crippen LogP contribution in [0.2, 0.25) is 0 Å². The maximum absolute atomic E-state index is 12.1. The monoisotopic (exact) mass is 303 g/mol. The summed E-state index contributed by atoms with van der Waals surface area (Å²) in [5.74, 6) is -0.169. The Hall–Kier alpha value is -1.88. The number of amides is 2. The van der Waals surface area contributed by atoms with E-state index < -0.39 is 0 Å². The van der Waals surface area contributed by atoms with Gasteiger partial charge >= 0.3 is 0 Å². The predicted octanol–water partition coefficient (Wildman–Crippen LogP) is 1.15. The molecule has 1 saturated heterocycles. The fourth-order valence-electron chi connectivity index (χ4n) is 2.62. The Balaban J connectivity index is 1.75. The first-order valence-corrected chi connectivity index (χ1v) is 8.01. The van der Waals surface area contributed by atoms with Crippen molar-refractivity contribution in [3.05, 3.63) is 35.9 Å². The van der Waals surface area contributed by atoms with Gasteiger partial charge in [0, 0.05) is 32.6 Å². The minimum atomic E-state index is -0.220. The molecular weight excluding hydrogens is 278 g/mol. The molecule has 0 spiro atoms. The summed E-state index contributed by atoms with van der Waals surface area (Å²) in [6, 6.07) is 9.88. The lowest BCUT2D eigenvalue weighted by atomic mass is 10.1. The molecule has 0 bridgehead atoms. The second-order valence-corrected chi connectivity index (χ2v) is 5.70. The van der Waals surface area contributed by atoms with Crippen LogP contribution in [0, 0.1) is 5.92 Å². The zero-order chi connectivity index (χ0) is 15.8. The Morgan fingerprint density at radius 2 is 2.00 bits per heavy atom. The van der Waals surface area contributed by atoms with Crippen LogP contribution < -0.4 is 10.6 Å². The third-order valence-electron chi connectivity index (χ3n) is 3.83. The van der Waals surface area contributed by atoms with Crippen LogP contribution >= 0.6 is 0 Å². The zero-order valence-electron chi connectivity index (χ0n) is 13.2. The highest BCUT2D eigenvalue weighted by Crippen LogP contribution is 2.20. The van der Waals surface area contributed by atoms with Crippen molar-refractivity contribution in [3.8, 4) is 0 Å². The Labute approximate surface area is 132 Å². The molecule has 2 rings (SSSR count). The number of hydrogen-bond acceptors (Lipinski definition) is 3. The molecule has 2 N–H and O–H groups in total. The van der Waals surface area contributed by atoms with Gasteiger partial charge in [0.1, 0.15) is 0 Å². The number of benzene rings is 1. The molecule has 22 heavy (non-hydrogen) atoms. The lowest BCUT2D eigenvalue weighted by molar-refractivity contribution is -0.129. The molecule has 1 fully saturated rings. The summed E-state index contributed by atoms with van der Waals surface area (Å²) in [5, 5.41) is 6.15. The van der Waals surface area contributed by atoms with Crippen LogP contribution in [0.4, 0.5) is 0 Å². The Kier molecular flexibility index (Phi) is 6.40. The smallest absolute Gasteiger partial charge is 0.225 e. The van der Waals surface area contributed by atoms with Crippen molar-refractivity contribution in [2.24, 2.45) is 5.92 Å². The summed E-state index contributed by atoms with van der Waals surface area (Å²) in [5.41, 5.74) is 1.10. The summed E-state index contributed by atoms with van der Waals surface area (Å²) >= 11 is 0. The number of nitrogens with one attached hydrogen (secondary N) is 2. The largest absolute Gasteiger partial charge is 0.355 e. The van der Waals surface area contributed by atoms with Crippen molar-refractivity contribution in [3.63, 3.8) is 0 Å². The van der Waals surface area contributed by atoms with E-state index in [0.717, 1.165) is 25.1 Å². The van der Waals surface area contributed by atoms with Crippen LogP contribution in [0.1, 0.15) is 25.3 Å². The van der Waals surface area contributed by atoms with Crippen molar-refractivity contribution < 1.29 is 9.59 Å². The Morgan fingerprint density at radius 1 is 1.23 bits per heavy atom. The van der Waals surface area contributed by atoms with E-state index >= 15 is 0 Å². The lowest BCUT2D eigenvalue weighted by Crippen LogP contribution is -2.37. The number of nitrogens with zero attached hydrogens (tertiary/aromatic N) is 1. The molecule has 1 aromatic rings. The molecule has 1 aromatic carbocycles. The molecule has 5 heteroatoms. The van der Waals surface area contributed by atoms with Crippen LogP contribution in [0.15, 0.2) is 30.3 Å². The second kappa shape index (κ2) is 8.54. The number of likely N-dealkylation sites (tertiary alicyclic amines) is 1. The summed E-state index contributed by atoms with van der Waals surface area (Å²) in [4.78, 5) is 25.9. The van der Waals surface area contributed by atoms with E-state index in [1.165, 1.54) is 0 Å². The molecule has 1 aliphatic heterocycles. The van der Waals surface area contributed by atoms with Gasteiger partial charge in [-0.15, -0.1) is 0 Å². The van der Waals surface area contributed by atoms with E-state index in [9.17, 15) is 9.59 Å². The first-order chi connectivity index (χ1) is 10.7. The van der Waals surface area contributed by atoms with E-state index in [0.29, 0.717) is 26.1 Å². The molecule has 0 aromatic heterocycles. The van der Waals surface area contributed by atoms with Gasteiger partial charge in [0.05, 0.1) is 5.92 Å². The van der Waals surface area contributed by atoms with Gasteiger partial charge in [0.15, 0.2) is 0 Å². The minimum Gasteiger partial charge on any atom is -0.355 e. The summed E-state index contributed by atoms with van der Waals surface area (Å²) in [6.07, 6.45) is 1.40. The Bertz CT molecular complexity index is 490. The Morgan fingerprint density at radius 3 is 2.73 bits per heavy atom. The van der Waals surface area contributed by atoms with Crippen molar-refractivity contribution in [1.29, 1.82) is 0 Å². The van der Waals surface area contributed by atoms with Crippen molar-refractivity contribution in [2.45, 2.75) is 26.3 Å².